The summed E-state index contributed by atoms with van der Waals surface area (Å²) in [5, 5.41) is 11.4. The summed E-state index contributed by atoms with van der Waals surface area (Å²) in [4.78, 5) is 35.8. The zero-order valence-corrected chi connectivity index (χ0v) is 13.7. The topological polar surface area (TPSA) is 116 Å². The van der Waals surface area contributed by atoms with Gasteiger partial charge in [-0.15, -0.1) is 0 Å². The Hall–Kier alpha value is -2.64. The van der Waals surface area contributed by atoms with Gasteiger partial charge in [-0.1, -0.05) is 6.92 Å². The first-order chi connectivity index (χ1) is 11.3. The van der Waals surface area contributed by atoms with E-state index in [2.05, 4.69) is 6.92 Å². The number of amides is 1. The number of nitro groups is 1. The fraction of sp³-hybridized carbons (Fsp3) is 0.500. The number of hydrogen-bond acceptors (Lipinski definition) is 6. The lowest BCUT2D eigenvalue weighted by Gasteiger charge is -2.32. The van der Waals surface area contributed by atoms with Crippen molar-refractivity contribution in [3.8, 4) is 0 Å². The number of nitrogens with zero attached hydrogens (tertiary/aromatic N) is 2. The number of nitrogens with two attached hydrogens (primary N) is 1. The summed E-state index contributed by atoms with van der Waals surface area (Å²) in [5.41, 5.74) is 5.41. The lowest BCUT2D eigenvalue weighted by molar-refractivity contribution is -0.384. The average Bonchev–Trinajstić information content (AvgIpc) is 2.54. The number of carbonyl (C=O) groups excluding carboxylic acids is 2. The van der Waals surface area contributed by atoms with Crippen LogP contribution in [0.25, 0.3) is 0 Å². The van der Waals surface area contributed by atoms with Crippen molar-refractivity contribution >= 4 is 23.3 Å². The minimum atomic E-state index is -1.10. The van der Waals surface area contributed by atoms with Crippen LogP contribution in [0.4, 0.5) is 11.4 Å². The number of rotatable bonds is 5. The molecule has 1 saturated heterocycles. The van der Waals surface area contributed by atoms with Crippen LogP contribution in [0.15, 0.2) is 18.2 Å². The molecule has 1 amide bonds. The van der Waals surface area contributed by atoms with E-state index in [-0.39, 0.29) is 11.3 Å². The summed E-state index contributed by atoms with van der Waals surface area (Å²) in [7, 11) is 0. The van der Waals surface area contributed by atoms with Gasteiger partial charge < -0.3 is 15.4 Å². The minimum absolute atomic E-state index is 0.0172. The van der Waals surface area contributed by atoms with Gasteiger partial charge in [0, 0.05) is 19.2 Å². The molecule has 0 aromatic heterocycles. The van der Waals surface area contributed by atoms with Gasteiger partial charge >= 0.3 is 5.97 Å². The van der Waals surface area contributed by atoms with Gasteiger partial charge in [-0.2, -0.15) is 0 Å². The fourth-order valence-corrected chi connectivity index (χ4v) is 2.76. The predicted molar refractivity (Wildman–Crippen MR) is 87.8 cm³/mol. The molecule has 1 aliphatic heterocycles. The Morgan fingerprint density at radius 1 is 1.46 bits per heavy atom. The molecule has 2 atom stereocenters. The Kier molecular flexibility index (Phi) is 5.38. The first kappa shape index (κ1) is 17.7. The number of nitro benzene ring substituents is 1. The summed E-state index contributed by atoms with van der Waals surface area (Å²) in [6.45, 7) is 4.93. The number of hydrogen-bond donors (Lipinski definition) is 1. The van der Waals surface area contributed by atoms with E-state index in [9.17, 15) is 19.7 Å². The van der Waals surface area contributed by atoms with Crippen LogP contribution in [0.1, 0.15) is 37.0 Å². The molecule has 1 aromatic rings. The van der Waals surface area contributed by atoms with E-state index in [1.807, 2.05) is 4.90 Å². The van der Waals surface area contributed by atoms with Crippen LogP contribution >= 0.6 is 0 Å². The van der Waals surface area contributed by atoms with Crippen molar-refractivity contribution in [2.75, 3.05) is 18.0 Å². The Labute approximate surface area is 139 Å². The largest absolute Gasteiger partial charge is 0.449 e. The molecule has 8 heteroatoms. The molecular weight excluding hydrogens is 314 g/mol. The molecule has 2 rings (SSSR count). The van der Waals surface area contributed by atoms with Crippen molar-refractivity contribution < 1.29 is 19.2 Å². The second kappa shape index (κ2) is 7.29. The van der Waals surface area contributed by atoms with E-state index >= 15 is 0 Å². The maximum Gasteiger partial charge on any atom is 0.339 e. The minimum Gasteiger partial charge on any atom is -0.449 e. The highest BCUT2D eigenvalue weighted by atomic mass is 16.6. The van der Waals surface area contributed by atoms with Gasteiger partial charge in [0.05, 0.1) is 10.5 Å². The van der Waals surface area contributed by atoms with Crippen molar-refractivity contribution in [3.63, 3.8) is 0 Å². The van der Waals surface area contributed by atoms with E-state index in [0.717, 1.165) is 25.9 Å². The summed E-state index contributed by atoms with van der Waals surface area (Å²) in [6.07, 6.45) is 0.969. The first-order valence-electron chi connectivity index (χ1n) is 7.83. The smallest absolute Gasteiger partial charge is 0.339 e. The molecule has 1 fully saturated rings. The Morgan fingerprint density at radius 2 is 2.17 bits per heavy atom. The predicted octanol–water partition coefficient (Wildman–Crippen LogP) is 1.86. The number of anilines is 1. The van der Waals surface area contributed by atoms with Gasteiger partial charge in [0.25, 0.3) is 11.6 Å². The Morgan fingerprint density at radius 3 is 2.75 bits per heavy atom. The normalized spacial score (nSPS) is 18.8. The van der Waals surface area contributed by atoms with Crippen molar-refractivity contribution in [3.05, 3.63) is 33.9 Å². The zero-order chi connectivity index (χ0) is 17.9. The Bertz CT molecular complexity index is 661. The molecule has 0 bridgehead atoms. The highest BCUT2D eigenvalue weighted by Gasteiger charge is 2.26. The zero-order valence-electron chi connectivity index (χ0n) is 13.7. The summed E-state index contributed by atoms with van der Waals surface area (Å²) >= 11 is 0. The first-order valence-corrected chi connectivity index (χ1v) is 7.83. The number of benzene rings is 1. The van der Waals surface area contributed by atoms with Gasteiger partial charge in [-0.3, -0.25) is 14.9 Å². The van der Waals surface area contributed by atoms with Crippen LogP contribution in [0.2, 0.25) is 0 Å². The molecule has 24 heavy (non-hydrogen) atoms. The molecule has 1 aliphatic rings. The molecule has 0 radical (unpaired) electrons. The molecular formula is C16H21N3O5. The lowest BCUT2D eigenvalue weighted by atomic mass is 9.99. The molecule has 8 nitrogen and oxygen atoms in total. The van der Waals surface area contributed by atoms with Crippen molar-refractivity contribution in [1.29, 1.82) is 0 Å². The maximum absolute atomic E-state index is 12.0. The van der Waals surface area contributed by atoms with Crippen LogP contribution in [-0.2, 0) is 9.53 Å². The second-order valence-electron chi connectivity index (χ2n) is 6.10. The average molecular weight is 335 g/mol. The van der Waals surface area contributed by atoms with Crippen molar-refractivity contribution in [2.45, 2.75) is 32.8 Å². The number of piperidine rings is 1. The van der Waals surface area contributed by atoms with Gasteiger partial charge in [0.1, 0.15) is 5.69 Å². The van der Waals surface area contributed by atoms with Gasteiger partial charge in [-0.05, 0) is 37.8 Å². The van der Waals surface area contributed by atoms with Crippen molar-refractivity contribution in [1.82, 2.24) is 0 Å². The molecule has 2 N–H and O–H groups in total. The summed E-state index contributed by atoms with van der Waals surface area (Å²) in [5.74, 6) is -1.14. The van der Waals surface area contributed by atoms with Gasteiger partial charge in [0.15, 0.2) is 6.10 Å². The maximum atomic E-state index is 12.0. The third-order valence-electron chi connectivity index (χ3n) is 4.09. The van der Waals surface area contributed by atoms with Crippen LogP contribution in [0.3, 0.4) is 0 Å². The van der Waals surface area contributed by atoms with E-state index in [1.165, 1.54) is 19.1 Å². The van der Waals surface area contributed by atoms with E-state index in [0.29, 0.717) is 11.6 Å². The summed E-state index contributed by atoms with van der Waals surface area (Å²) < 4.78 is 4.89. The van der Waals surface area contributed by atoms with Crippen molar-refractivity contribution in [2.24, 2.45) is 11.7 Å². The standard InChI is InChI=1S/C16H21N3O5/c1-10-4-3-7-18(9-10)13-6-5-12(8-14(13)19(22)23)16(21)24-11(2)15(17)20/h5-6,8,10-11H,3-4,7,9H2,1-2H3,(H2,17,20). The number of primary amides is 1. The monoisotopic (exact) mass is 335 g/mol. The highest BCUT2D eigenvalue weighted by Crippen LogP contribution is 2.32. The molecule has 0 spiro atoms. The van der Waals surface area contributed by atoms with E-state index in [1.54, 1.807) is 6.07 Å². The quantitative estimate of drug-likeness (QED) is 0.499. The number of carbonyl (C=O) groups is 2. The molecule has 2 unspecified atom stereocenters. The number of ether oxygens (including phenoxy) is 1. The second-order valence-corrected chi connectivity index (χ2v) is 6.10. The third-order valence-corrected chi connectivity index (χ3v) is 4.09. The molecule has 130 valence electrons. The molecule has 1 aromatic carbocycles. The van der Waals surface area contributed by atoms with Gasteiger partial charge in [-0.25, -0.2) is 4.79 Å². The highest BCUT2D eigenvalue weighted by molar-refractivity contribution is 5.93. The van der Waals surface area contributed by atoms with E-state index < -0.39 is 22.9 Å². The molecule has 1 heterocycles. The summed E-state index contributed by atoms with van der Waals surface area (Å²) in [6, 6.07) is 4.21. The van der Waals surface area contributed by atoms with E-state index in [4.69, 9.17) is 10.5 Å². The number of esters is 1. The van der Waals surface area contributed by atoms with Crippen LogP contribution in [-0.4, -0.2) is 36.0 Å². The lowest BCUT2D eigenvalue weighted by Crippen LogP contribution is -2.34. The molecule has 0 saturated carbocycles. The van der Waals surface area contributed by atoms with Crippen LogP contribution in [0, 0.1) is 16.0 Å². The fourth-order valence-electron chi connectivity index (χ4n) is 2.76. The van der Waals surface area contributed by atoms with Crippen LogP contribution in [0.5, 0.6) is 0 Å². The third kappa shape index (κ3) is 4.01. The van der Waals surface area contributed by atoms with Gasteiger partial charge in [0.2, 0.25) is 0 Å². The Balaban J connectivity index is 2.28. The molecule has 0 aliphatic carbocycles. The SMILES string of the molecule is CC1CCCN(c2ccc(C(=O)OC(C)C(N)=O)cc2[N+](=O)[O-])C1. The van der Waals surface area contributed by atoms with Crippen LogP contribution < -0.4 is 10.6 Å².